The van der Waals surface area contributed by atoms with Crippen LogP contribution in [0.1, 0.15) is 29.6 Å². The van der Waals surface area contributed by atoms with Gasteiger partial charge in [-0.15, -0.1) is 8.78 Å². The summed E-state index contributed by atoms with van der Waals surface area (Å²) in [5, 5.41) is 0. The smallest absolute Gasteiger partial charge is 0.395 e. The van der Waals surface area contributed by atoms with Crippen molar-refractivity contribution in [3.63, 3.8) is 0 Å². The van der Waals surface area contributed by atoms with Gasteiger partial charge in [0.2, 0.25) is 0 Å². The maximum absolute atomic E-state index is 13.0. The van der Waals surface area contributed by atoms with Crippen molar-refractivity contribution in [1.82, 2.24) is 0 Å². The van der Waals surface area contributed by atoms with E-state index in [9.17, 15) is 18.4 Å². The quantitative estimate of drug-likeness (QED) is 0.622. The van der Waals surface area contributed by atoms with Gasteiger partial charge < -0.3 is 9.47 Å². The highest BCUT2D eigenvalue weighted by molar-refractivity contribution is 6.10. The Hall–Kier alpha value is -1.98. The summed E-state index contributed by atoms with van der Waals surface area (Å²) in [6.45, 7) is 0. The van der Waals surface area contributed by atoms with Crippen LogP contribution in [0.25, 0.3) is 0 Å². The average Bonchev–Trinajstić information content (AvgIpc) is 3.10. The molecule has 0 aromatic heterocycles. The summed E-state index contributed by atoms with van der Waals surface area (Å²) in [7, 11) is 0. The zero-order chi connectivity index (χ0) is 13.6. The number of halogens is 2. The van der Waals surface area contributed by atoms with E-state index in [4.69, 9.17) is 0 Å². The van der Waals surface area contributed by atoms with Crippen molar-refractivity contribution in [2.24, 2.45) is 5.92 Å². The van der Waals surface area contributed by atoms with E-state index < -0.39 is 12.1 Å². The Bertz CT molecular complexity index is 564. The van der Waals surface area contributed by atoms with Gasteiger partial charge >= 0.3 is 6.29 Å². The molecule has 0 spiro atoms. The molecule has 100 valence electrons. The van der Waals surface area contributed by atoms with Crippen LogP contribution in [-0.2, 0) is 4.79 Å². The summed E-state index contributed by atoms with van der Waals surface area (Å²) < 4.78 is 34.5. The van der Waals surface area contributed by atoms with Crippen LogP contribution in [0.15, 0.2) is 18.2 Å². The van der Waals surface area contributed by atoms with Crippen LogP contribution in [0.2, 0.25) is 0 Å². The molecule has 3 rings (SSSR count). The molecular formula is C13H10F2O4. The number of Topliss-reactive ketones (excluding diaryl/α,β-unsaturated/α-hetero) is 2. The van der Waals surface area contributed by atoms with Crippen LogP contribution in [-0.4, -0.2) is 17.9 Å². The molecule has 0 N–H and O–H groups in total. The van der Waals surface area contributed by atoms with E-state index in [1.165, 1.54) is 18.2 Å². The summed E-state index contributed by atoms with van der Waals surface area (Å²) in [4.78, 5) is 23.5. The summed E-state index contributed by atoms with van der Waals surface area (Å²) >= 11 is 0. The molecule has 0 unspecified atom stereocenters. The van der Waals surface area contributed by atoms with E-state index in [1.54, 1.807) is 0 Å². The molecule has 2 aliphatic rings. The lowest BCUT2D eigenvalue weighted by Crippen LogP contribution is -2.26. The first-order valence-corrected chi connectivity index (χ1v) is 5.91. The molecule has 4 nitrogen and oxygen atoms in total. The number of para-hydroxylation sites is 1. The van der Waals surface area contributed by atoms with E-state index in [2.05, 4.69) is 9.47 Å². The Kier molecular flexibility index (Phi) is 2.55. The minimum Gasteiger partial charge on any atom is -0.395 e. The second-order valence-electron chi connectivity index (χ2n) is 4.64. The summed E-state index contributed by atoms with van der Waals surface area (Å²) in [6, 6.07) is 4.06. The number of benzene rings is 1. The number of ether oxygens (including phenoxy) is 2. The maximum atomic E-state index is 13.0. The number of ketones is 2. The van der Waals surface area contributed by atoms with Crippen LogP contribution in [0, 0.1) is 5.92 Å². The molecule has 6 heteroatoms. The predicted molar refractivity (Wildman–Crippen MR) is 59.3 cm³/mol. The molecule has 0 radical (unpaired) electrons. The van der Waals surface area contributed by atoms with Gasteiger partial charge in [-0.05, 0) is 25.0 Å². The minimum atomic E-state index is -3.76. The SMILES string of the molecule is O=C(CC(=O)C1CC1)c1cccc2c1OC(F)(F)O2. The van der Waals surface area contributed by atoms with E-state index in [-0.39, 0.29) is 35.2 Å². The normalized spacial score (nSPS) is 19.3. The third-order valence-corrected chi connectivity index (χ3v) is 3.10. The molecule has 1 aliphatic carbocycles. The van der Waals surface area contributed by atoms with Gasteiger partial charge in [-0.25, -0.2) is 0 Å². The monoisotopic (exact) mass is 268 g/mol. The Labute approximate surface area is 107 Å². The second kappa shape index (κ2) is 4.01. The highest BCUT2D eigenvalue weighted by Crippen LogP contribution is 2.43. The molecule has 0 atom stereocenters. The topological polar surface area (TPSA) is 52.6 Å². The fraction of sp³-hybridized carbons (Fsp3) is 0.385. The highest BCUT2D eigenvalue weighted by Gasteiger charge is 2.45. The molecule has 0 bridgehead atoms. The van der Waals surface area contributed by atoms with Gasteiger partial charge in [0.25, 0.3) is 0 Å². The van der Waals surface area contributed by atoms with Gasteiger partial charge in [0.15, 0.2) is 17.3 Å². The van der Waals surface area contributed by atoms with Crippen LogP contribution >= 0.6 is 0 Å². The van der Waals surface area contributed by atoms with E-state index >= 15 is 0 Å². The molecule has 1 saturated carbocycles. The van der Waals surface area contributed by atoms with Gasteiger partial charge in [0, 0.05) is 5.92 Å². The van der Waals surface area contributed by atoms with Crippen LogP contribution in [0.3, 0.4) is 0 Å². The maximum Gasteiger partial charge on any atom is 0.586 e. The molecule has 19 heavy (non-hydrogen) atoms. The number of carbonyl (C=O) groups is 2. The Morgan fingerprint density at radius 2 is 2.00 bits per heavy atom. The summed E-state index contributed by atoms with van der Waals surface area (Å²) in [6.07, 6.45) is -2.44. The van der Waals surface area contributed by atoms with Crippen LogP contribution < -0.4 is 9.47 Å². The van der Waals surface area contributed by atoms with E-state index in [1.807, 2.05) is 0 Å². The fourth-order valence-corrected chi connectivity index (χ4v) is 1.99. The van der Waals surface area contributed by atoms with Crippen molar-refractivity contribution >= 4 is 11.6 Å². The summed E-state index contributed by atoms with van der Waals surface area (Å²) in [5.74, 6) is -1.18. The molecule has 1 heterocycles. The molecule has 1 aliphatic heterocycles. The lowest BCUT2D eigenvalue weighted by atomic mass is 10.0. The molecule has 1 aromatic rings. The first-order chi connectivity index (χ1) is 8.96. The van der Waals surface area contributed by atoms with Crippen molar-refractivity contribution in [2.75, 3.05) is 0 Å². The molecule has 1 fully saturated rings. The van der Waals surface area contributed by atoms with Crippen molar-refractivity contribution in [3.05, 3.63) is 23.8 Å². The van der Waals surface area contributed by atoms with Gasteiger partial charge in [0.05, 0.1) is 12.0 Å². The van der Waals surface area contributed by atoms with Crippen molar-refractivity contribution in [1.29, 1.82) is 0 Å². The van der Waals surface area contributed by atoms with Gasteiger partial charge in [0.1, 0.15) is 5.78 Å². The lowest BCUT2D eigenvalue weighted by molar-refractivity contribution is -0.286. The van der Waals surface area contributed by atoms with Gasteiger partial charge in [-0.3, -0.25) is 9.59 Å². The number of hydrogen-bond donors (Lipinski definition) is 0. The fourth-order valence-electron chi connectivity index (χ4n) is 1.99. The Morgan fingerprint density at radius 3 is 2.68 bits per heavy atom. The van der Waals surface area contributed by atoms with Gasteiger partial charge in [-0.2, -0.15) is 0 Å². The molecular weight excluding hydrogens is 258 g/mol. The Morgan fingerprint density at radius 1 is 1.26 bits per heavy atom. The third-order valence-electron chi connectivity index (χ3n) is 3.10. The third kappa shape index (κ3) is 2.30. The second-order valence-corrected chi connectivity index (χ2v) is 4.64. The minimum absolute atomic E-state index is 0.0383. The Balaban J connectivity index is 1.84. The van der Waals surface area contributed by atoms with E-state index in [0.717, 1.165) is 12.8 Å². The first kappa shape index (κ1) is 12.1. The molecule has 0 saturated heterocycles. The first-order valence-electron chi connectivity index (χ1n) is 5.91. The number of carbonyl (C=O) groups excluding carboxylic acids is 2. The van der Waals surface area contributed by atoms with Gasteiger partial charge in [-0.1, -0.05) is 6.07 Å². The van der Waals surface area contributed by atoms with Crippen molar-refractivity contribution in [2.45, 2.75) is 25.6 Å². The highest BCUT2D eigenvalue weighted by atomic mass is 19.3. The number of rotatable bonds is 4. The van der Waals surface area contributed by atoms with Crippen LogP contribution in [0.4, 0.5) is 8.78 Å². The van der Waals surface area contributed by atoms with E-state index in [0.29, 0.717) is 0 Å². The zero-order valence-corrected chi connectivity index (χ0v) is 9.82. The van der Waals surface area contributed by atoms with Crippen molar-refractivity contribution < 1.29 is 27.8 Å². The number of fused-ring (bicyclic) bond motifs is 1. The predicted octanol–water partition coefficient (Wildman–Crippen LogP) is 2.56. The average molecular weight is 268 g/mol. The van der Waals surface area contributed by atoms with Crippen LogP contribution in [0.5, 0.6) is 11.5 Å². The molecule has 1 aromatic carbocycles. The van der Waals surface area contributed by atoms with Crippen molar-refractivity contribution in [3.8, 4) is 11.5 Å². The standard InChI is InChI=1S/C13H10F2O4/c14-13(15)18-11-3-1-2-8(12(11)19-13)10(17)6-9(16)7-4-5-7/h1-3,7H,4-6H2. The largest absolute Gasteiger partial charge is 0.586 e. The summed E-state index contributed by atoms with van der Waals surface area (Å²) in [5.41, 5.74) is -0.0383. The lowest BCUT2D eigenvalue weighted by Gasteiger charge is -2.06. The number of hydrogen-bond acceptors (Lipinski definition) is 4. The molecule has 0 amide bonds. The number of alkyl halides is 2. The zero-order valence-electron chi connectivity index (χ0n) is 9.82.